The highest BCUT2D eigenvalue weighted by molar-refractivity contribution is 7.33. The number of benzene rings is 1. The standard InChI is InChI=1S/C20H23N2O10P/c21-14(9-12-5-2-1-3-6-12)20(26)31-19(25)13-7-4-8-22(10-13)18-17(24)16(23)15(30-18)11-29-33(28)32-27/h1-8,10,14-18,23-24,33H,9,11,21H2/p+1/t14?,15-,16-,17-,18-/m1/s1. The SMILES string of the molecule is NC(Cc1ccccc1)C(=O)OC(=O)c1ccc[n+]([C@@H]2O[C@H](CO[PH](=O)OO)[C@@H](O)[C@H]2O)c1. The van der Waals surface area contributed by atoms with Gasteiger partial charge in [-0.15, -0.1) is 0 Å². The van der Waals surface area contributed by atoms with Crippen LogP contribution in [0, 0.1) is 0 Å². The van der Waals surface area contributed by atoms with Gasteiger partial charge in [0, 0.05) is 6.07 Å². The third-order valence-corrected chi connectivity index (χ3v) is 5.47. The minimum Gasteiger partial charge on any atom is -0.388 e. The van der Waals surface area contributed by atoms with Crippen molar-refractivity contribution in [3.05, 3.63) is 66.0 Å². The van der Waals surface area contributed by atoms with Crippen LogP contribution in [0.25, 0.3) is 0 Å². The Bertz CT molecular complexity index is 992. The van der Waals surface area contributed by atoms with Gasteiger partial charge >= 0.3 is 20.2 Å². The fourth-order valence-electron chi connectivity index (χ4n) is 3.24. The molecular formula is C20H24N2O10P+. The summed E-state index contributed by atoms with van der Waals surface area (Å²) in [5.74, 6) is -1.85. The smallest absolute Gasteiger partial charge is 0.351 e. The van der Waals surface area contributed by atoms with Gasteiger partial charge in [0.05, 0.1) is 6.61 Å². The van der Waals surface area contributed by atoms with Crippen LogP contribution < -0.4 is 10.3 Å². The highest BCUT2D eigenvalue weighted by Gasteiger charge is 2.48. The van der Waals surface area contributed by atoms with E-state index in [2.05, 4.69) is 4.67 Å². The van der Waals surface area contributed by atoms with E-state index in [4.69, 9.17) is 25.0 Å². The van der Waals surface area contributed by atoms with Crippen molar-refractivity contribution in [2.24, 2.45) is 5.73 Å². The Morgan fingerprint density at radius 1 is 1.15 bits per heavy atom. The van der Waals surface area contributed by atoms with Crippen LogP contribution in [0.1, 0.15) is 22.1 Å². The number of aliphatic hydroxyl groups excluding tert-OH is 2. The molecule has 5 N–H and O–H groups in total. The van der Waals surface area contributed by atoms with Crippen LogP contribution in [0.15, 0.2) is 54.9 Å². The van der Waals surface area contributed by atoms with E-state index in [-0.39, 0.29) is 12.0 Å². The number of rotatable bonds is 9. The molecule has 1 fully saturated rings. The zero-order chi connectivity index (χ0) is 24.0. The molecule has 12 nitrogen and oxygen atoms in total. The predicted octanol–water partition coefficient (Wildman–Crippen LogP) is -0.257. The number of hydrogen-bond acceptors (Lipinski definition) is 11. The number of carbonyl (C=O) groups excluding carboxylic acids is 2. The summed E-state index contributed by atoms with van der Waals surface area (Å²) in [6, 6.07) is 10.8. The van der Waals surface area contributed by atoms with E-state index in [1.807, 2.05) is 6.07 Å². The molecule has 2 unspecified atom stereocenters. The zero-order valence-electron chi connectivity index (χ0n) is 17.2. The first kappa shape index (κ1) is 25.1. The van der Waals surface area contributed by atoms with Gasteiger partial charge in [-0.1, -0.05) is 30.3 Å². The van der Waals surface area contributed by atoms with E-state index in [9.17, 15) is 24.4 Å². The second kappa shape index (κ2) is 11.5. The normalized spacial score (nSPS) is 24.2. The first-order valence-corrected chi connectivity index (χ1v) is 11.1. The average molecular weight is 483 g/mol. The van der Waals surface area contributed by atoms with Crippen LogP contribution in [0.2, 0.25) is 0 Å². The van der Waals surface area contributed by atoms with Gasteiger partial charge in [-0.05, 0) is 18.1 Å². The summed E-state index contributed by atoms with van der Waals surface area (Å²) in [6.07, 6.45) is -2.13. The van der Waals surface area contributed by atoms with E-state index in [0.717, 1.165) is 5.56 Å². The van der Waals surface area contributed by atoms with E-state index >= 15 is 0 Å². The summed E-state index contributed by atoms with van der Waals surface area (Å²) in [6.45, 7) is -0.427. The third-order valence-electron chi connectivity index (χ3n) is 4.92. The second-order valence-electron chi connectivity index (χ2n) is 7.24. The van der Waals surface area contributed by atoms with Gasteiger partial charge in [-0.3, -0.25) is 4.57 Å². The van der Waals surface area contributed by atoms with Crippen molar-refractivity contribution in [3.8, 4) is 0 Å². The lowest BCUT2D eigenvalue weighted by molar-refractivity contribution is -0.765. The minimum absolute atomic E-state index is 0.0264. The lowest BCUT2D eigenvalue weighted by atomic mass is 10.1. The van der Waals surface area contributed by atoms with Gasteiger partial charge in [0.15, 0.2) is 18.5 Å². The highest BCUT2D eigenvalue weighted by Crippen LogP contribution is 2.29. The maximum absolute atomic E-state index is 12.4. The fourth-order valence-corrected chi connectivity index (χ4v) is 3.59. The number of aliphatic hydroxyl groups is 2. The first-order valence-electron chi connectivity index (χ1n) is 9.86. The van der Waals surface area contributed by atoms with Crippen molar-refractivity contribution in [1.82, 2.24) is 0 Å². The Balaban J connectivity index is 1.63. The maximum Gasteiger partial charge on any atom is 0.351 e. The molecule has 0 spiro atoms. The number of nitrogens with zero attached hydrogens (tertiary/aromatic N) is 1. The molecule has 1 aromatic carbocycles. The summed E-state index contributed by atoms with van der Waals surface area (Å²) < 4.78 is 31.0. The molecule has 0 aliphatic carbocycles. The van der Waals surface area contributed by atoms with Crippen LogP contribution in [0.5, 0.6) is 0 Å². The molecule has 0 bridgehead atoms. The number of ether oxygens (including phenoxy) is 2. The third kappa shape index (κ3) is 6.50. The molecule has 2 heterocycles. The molecule has 2 aromatic rings. The largest absolute Gasteiger partial charge is 0.388 e. The number of carbonyl (C=O) groups is 2. The quantitative estimate of drug-likeness (QED) is 0.0922. The molecule has 1 aliphatic heterocycles. The Hall–Kier alpha value is -2.54. The van der Waals surface area contributed by atoms with Gasteiger partial charge in [-0.25, -0.2) is 14.8 Å². The summed E-state index contributed by atoms with van der Waals surface area (Å²) in [7, 11) is -3.17. The molecule has 1 aliphatic rings. The van der Waals surface area contributed by atoms with E-state index in [0.29, 0.717) is 0 Å². The average Bonchev–Trinajstić information content (AvgIpc) is 3.11. The summed E-state index contributed by atoms with van der Waals surface area (Å²) in [5, 5.41) is 28.7. The summed E-state index contributed by atoms with van der Waals surface area (Å²) in [4.78, 5) is 24.7. The number of nitrogens with two attached hydrogens (primary N) is 1. The lowest BCUT2D eigenvalue weighted by Crippen LogP contribution is -2.46. The topological polar surface area (TPSA) is 179 Å². The van der Waals surface area contributed by atoms with Crippen LogP contribution >= 0.6 is 8.25 Å². The van der Waals surface area contributed by atoms with Crippen LogP contribution in [-0.2, 0) is 34.5 Å². The molecule has 33 heavy (non-hydrogen) atoms. The van der Waals surface area contributed by atoms with Gasteiger partial charge in [0.1, 0.15) is 23.8 Å². The Morgan fingerprint density at radius 2 is 1.88 bits per heavy atom. The number of pyridine rings is 1. The molecule has 0 radical (unpaired) electrons. The Kier molecular flexibility index (Phi) is 8.78. The second-order valence-corrected chi connectivity index (χ2v) is 8.21. The highest BCUT2D eigenvalue weighted by atomic mass is 31.1. The van der Waals surface area contributed by atoms with Crippen molar-refractivity contribution in [1.29, 1.82) is 0 Å². The molecular weight excluding hydrogens is 459 g/mol. The fraction of sp³-hybridized carbons (Fsp3) is 0.350. The van der Waals surface area contributed by atoms with Crippen molar-refractivity contribution >= 4 is 20.2 Å². The molecule has 6 atom stereocenters. The molecule has 1 saturated heterocycles. The molecule has 3 rings (SSSR count). The minimum atomic E-state index is -3.17. The molecule has 13 heteroatoms. The van der Waals surface area contributed by atoms with Crippen molar-refractivity contribution in [3.63, 3.8) is 0 Å². The Morgan fingerprint density at radius 3 is 2.58 bits per heavy atom. The zero-order valence-corrected chi connectivity index (χ0v) is 18.2. The number of aromatic nitrogens is 1. The van der Waals surface area contributed by atoms with Crippen molar-refractivity contribution < 1.29 is 52.9 Å². The maximum atomic E-state index is 12.4. The van der Waals surface area contributed by atoms with E-state index in [1.165, 1.54) is 29.1 Å². The Labute approximate surface area is 189 Å². The molecule has 178 valence electrons. The van der Waals surface area contributed by atoms with Gasteiger partial charge in [0.25, 0.3) is 6.23 Å². The first-order chi connectivity index (χ1) is 15.8. The van der Waals surface area contributed by atoms with Crippen molar-refractivity contribution in [2.45, 2.75) is 37.0 Å². The molecule has 0 saturated carbocycles. The summed E-state index contributed by atoms with van der Waals surface area (Å²) >= 11 is 0. The van der Waals surface area contributed by atoms with Crippen LogP contribution in [0.3, 0.4) is 0 Å². The molecule has 1 aromatic heterocycles. The number of esters is 2. The van der Waals surface area contributed by atoms with Crippen LogP contribution in [-0.4, -0.2) is 58.4 Å². The summed E-state index contributed by atoms with van der Waals surface area (Å²) in [5.41, 5.74) is 6.63. The van der Waals surface area contributed by atoms with Gasteiger partial charge in [0.2, 0.25) is 0 Å². The van der Waals surface area contributed by atoms with E-state index in [1.54, 1.807) is 24.3 Å². The van der Waals surface area contributed by atoms with Gasteiger partial charge in [-0.2, -0.15) is 9.24 Å². The number of hydrogen-bond donors (Lipinski definition) is 4. The lowest BCUT2D eigenvalue weighted by Gasteiger charge is -2.12. The van der Waals surface area contributed by atoms with Gasteiger partial charge < -0.3 is 29.9 Å². The van der Waals surface area contributed by atoms with Crippen LogP contribution in [0.4, 0.5) is 0 Å². The monoisotopic (exact) mass is 483 g/mol. The predicted molar refractivity (Wildman–Crippen MR) is 110 cm³/mol. The van der Waals surface area contributed by atoms with Crippen molar-refractivity contribution in [2.75, 3.05) is 6.61 Å². The molecule has 0 amide bonds. The van der Waals surface area contributed by atoms with E-state index < -0.39 is 57.4 Å².